The third kappa shape index (κ3) is 4.10. The SMILES string of the molecule is Cc1cc(C)c(/C=N\N2C(=O)/C(=C/c3c(C)cc(C)cc3C)SC2=S)c(C)c1. The Morgan fingerprint density at radius 2 is 1.32 bits per heavy atom. The first kappa shape index (κ1) is 20.5. The largest absolute Gasteiger partial charge is 0.286 e. The number of benzene rings is 2. The molecule has 1 aliphatic rings. The van der Waals surface area contributed by atoms with Crippen LogP contribution < -0.4 is 0 Å². The minimum absolute atomic E-state index is 0.173. The highest BCUT2D eigenvalue weighted by Gasteiger charge is 2.32. The predicted molar refractivity (Wildman–Crippen MR) is 124 cm³/mol. The highest BCUT2D eigenvalue weighted by Crippen LogP contribution is 2.34. The van der Waals surface area contributed by atoms with E-state index in [1.807, 2.05) is 6.08 Å². The smallest absolute Gasteiger partial charge is 0.266 e. The fourth-order valence-electron chi connectivity index (χ4n) is 3.62. The summed E-state index contributed by atoms with van der Waals surface area (Å²) in [4.78, 5) is 13.5. The van der Waals surface area contributed by atoms with Crippen LogP contribution in [0.25, 0.3) is 6.08 Å². The summed E-state index contributed by atoms with van der Waals surface area (Å²) in [6.07, 6.45) is 3.67. The Morgan fingerprint density at radius 3 is 1.82 bits per heavy atom. The van der Waals surface area contributed by atoms with E-state index in [9.17, 15) is 4.79 Å². The Bertz CT molecular complexity index is 1000. The fraction of sp³-hybridized carbons (Fsp3) is 0.261. The van der Waals surface area contributed by atoms with Gasteiger partial charge in [-0.3, -0.25) is 4.79 Å². The van der Waals surface area contributed by atoms with Crippen LogP contribution in [-0.2, 0) is 4.79 Å². The zero-order chi connectivity index (χ0) is 20.6. The fourth-order valence-corrected chi connectivity index (χ4v) is 4.77. The van der Waals surface area contributed by atoms with E-state index in [0.717, 1.165) is 33.4 Å². The summed E-state index contributed by atoms with van der Waals surface area (Å²) in [5.74, 6) is -0.173. The van der Waals surface area contributed by atoms with Gasteiger partial charge in [-0.25, -0.2) is 0 Å². The molecule has 0 radical (unpaired) electrons. The summed E-state index contributed by atoms with van der Waals surface area (Å²) in [7, 11) is 0. The van der Waals surface area contributed by atoms with Gasteiger partial charge in [0.25, 0.3) is 5.91 Å². The van der Waals surface area contributed by atoms with E-state index < -0.39 is 0 Å². The van der Waals surface area contributed by atoms with Gasteiger partial charge >= 0.3 is 0 Å². The number of carbonyl (C=O) groups excluding carboxylic acids is 1. The molecule has 1 amide bonds. The van der Waals surface area contributed by atoms with Crippen LogP contribution >= 0.6 is 24.0 Å². The van der Waals surface area contributed by atoms with Gasteiger partial charge in [0.05, 0.1) is 11.1 Å². The van der Waals surface area contributed by atoms with Gasteiger partial charge < -0.3 is 0 Å². The molecule has 2 aromatic rings. The van der Waals surface area contributed by atoms with Crippen LogP contribution in [0, 0.1) is 41.5 Å². The lowest BCUT2D eigenvalue weighted by molar-refractivity contribution is -0.122. The topological polar surface area (TPSA) is 32.7 Å². The lowest BCUT2D eigenvalue weighted by Crippen LogP contribution is -2.22. The molecule has 1 fully saturated rings. The second kappa shape index (κ2) is 8.02. The van der Waals surface area contributed by atoms with Crippen molar-refractivity contribution >= 4 is 46.5 Å². The molecule has 0 bridgehead atoms. The quantitative estimate of drug-likeness (QED) is 0.367. The number of nitrogens with zero attached hydrogens (tertiary/aromatic N) is 2. The second-order valence-corrected chi connectivity index (χ2v) is 9.04. The molecule has 0 spiro atoms. The van der Waals surface area contributed by atoms with Gasteiger partial charge in [-0.2, -0.15) is 10.1 Å². The molecule has 5 heteroatoms. The molecule has 1 aliphatic heterocycles. The van der Waals surface area contributed by atoms with Gasteiger partial charge in [0.2, 0.25) is 0 Å². The Morgan fingerprint density at radius 1 is 0.857 bits per heavy atom. The second-order valence-electron chi connectivity index (χ2n) is 7.36. The number of hydrazone groups is 1. The Hall–Kier alpha value is -2.24. The van der Waals surface area contributed by atoms with Crippen molar-refractivity contribution in [3.8, 4) is 0 Å². The number of hydrogen-bond donors (Lipinski definition) is 0. The number of thioether (sulfide) groups is 1. The number of hydrogen-bond acceptors (Lipinski definition) is 4. The number of rotatable bonds is 3. The standard InChI is InChI=1S/C23H24N2OS2/c1-13-7-15(3)19(16(4)8-13)11-21-22(26)25(23(27)28-21)24-12-20-17(5)9-14(2)10-18(20)6/h7-12H,1-6H3/b21-11-,24-12-. The van der Waals surface area contributed by atoms with Crippen LogP contribution in [-0.4, -0.2) is 21.5 Å². The molecule has 0 atom stereocenters. The van der Waals surface area contributed by atoms with Crippen LogP contribution in [0.15, 0.2) is 34.3 Å². The Labute approximate surface area is 176 Å². The number of amides is 1. The van der Waals surface area contributed by atoms with E-state index in [2.05, 4.69) is 70.9 Å². The van der Waals surface area contributed by atoms with Crippen LogP contribution in [0.1, 0.15) is 44.5 Å². The van der Waals surface area contributed by atoms with E-state index in [1.54, 1.807) is 6.21 Å². The average Bonchev–Trinajstić information content (AvgIpc) is 2.84. The molecule has 0 aromatic heterocycles. The molecule has 144 valence electrons. The number of carbonyl (C=O) groups is 1. The third-order valence-corrected chi connectivity index (χ3v) is 6.11. The molecule has 0 N–H and O–H groups in total. The Balaban J connectivity index is 1.91. The highest BCUT2D eigenvalue weighted by molar-refractivity contribution is 8.26. The average molecular weight is 409 g/mol. The van der Waals surface area contributed by atoms with Gasteiger partial charge in [0.1, 0.15) is 0 Å². The summed E-state index contributed by atoms with van der Waals surface area (Å²) >= 11 is 6.71. The van der Waals surface area contributed by atoms with Gasteiger partial charge in [-0.15, -0.1) is 0 Å². The molecule has 0 saturated carbocycles. The predicted octanol–water partition coefficient (Wildman–Crippen LogP) is 5.77. The maximum Gasteiger partial charge on any atom is 0.286 e. The van der Waals surface area contributed by atoms with Gasteiger partial charge in [0.15, 0.2) is 4.32 Å². The van der Waals surface area contributed by atoms with Crippen molar-refractivity contribution in [1.82, 2.24) is 5.01 Å². The van der Waals surface area contributed by atoms with Crippen molar-refractivity contribution in [2.45, 2.75) is 41.5 Å². The van der Waals surface area contributed by atoms with E-state index >= 15 is 0 Å². The molecular weight excluding hydrogens is 384 g/mol. The summed E-state index contributed by atoms with van der Waals surface area (Å²) in [5.41, 5.74) is 9.09. The number of aryl methyl sites for hydroxylation is 6. The Kier molecular flexibility index (Phi) is 5.87. The molecule has 1 saturated heterocycles. The van der Waals surface area contributed by atoms with Crippen molar-refractivity contribution in [3.05, 3.63) is 73.7 Å². The van der Waals surface area contributed by atoms with Crippen LogP contribution in [0.4, 0.5) is 0 Å². The first-order valence-corrected chi connectivity index (χ1v) is 10.4. The highest BCUT2D eigenvalue weighted by atomic mass is 32.2. The van der Waals surface area contributed by atoms with Gasteiger partial charge in [-0.05, 0) is 87.7 Å². The van der Waals surface area contributed by atoms with Crippen molar-refractivity contribution in [2.24, 2.45) is 5.10 Å². The number of thiocarbonyl (C=S) groups is 1. The first-order chi connectivity index (χ1) is 13.2. The zero-order valence-corrected chi connectivity index (χ0v) is 18.7. The lowest BCUT2D eigenvalue weighted by atomic mass is 9.99. The zero-order valence-electron chi connectivity index (χ0n) is 17.1. The summed E-state index contributed by atoms with van der Waals surface area (Å²) in [5, 5.41) is 5.74. The van der Waals surface area contributed by atoms with Gasteiger partial charge in [-0.1, -0.05) is 47.2 Å². The molecule has 28 heavy (non-hydrogen) atoms. The minimum atomic E-state index is -0.173. The first-order valence-electron chi connectivity index (χ1n) is 9.15. The summed E-state index contributed by atoms with van der Waals surface area (Å²) in [6, 6.07) is 8.48. The van der Waals surface area contributed by atoms with E-state index in [4.69, 9.17) is 12.2 Å². The molecule has 3 nitrogen and oxygen atoms in total. The molecule has 3 rings (SSSR count). The van der Waals surface area contributed by atoms with Crippen molar-refractivity contribution in [1.29, 1.82) is 0 Å². The third-order valence-electron chi connectivity index (χ3n) is 4.83. The minimum Gasteiger partial charge on any atom is -0.266 e. The molecule has 0 unspecified atom stereocenters. The maximum absolute atomic E-state index is 12.9. The van der Waals surface area contributed by atoms with Crippen molar-refractivity contribution in [2.75, 3.05) is 0 Å². The molecular formula is C23H24N2OS2. The molecule has 0 aliphatic carbocycles. The molecule has 2 aromatic carbocycles. The van der Waals surface area contributed by atoms with Crippen LogP contribution in [0.2, 0.25) is 0 Å². The van der Waals surface area contributed by atoms with Gasteiger partial charge in [0, 0.05) is 5.56 Å². The monoisotopic (exact) mass is 408 g/mol. The van der Waals surface area contributed by atoms with Crippen LogP contribution in [0.5, 0.6) is 0 Å². The van der Waals surface area contributed by atoms with Crippen LogP contribution in [0.3, 0.4) is 0 Å². The van der Waals surface area contributed by atoms with Crippen molar-refractivity contribution in [3.63, 3.8) is 0 Å². The van der Waals surface area contributed by atoms with E-state index in [-0.39, 0.29) is 5.91 Å². The van der Waals surface area contributed by atoms with E-state index in [1.165, 1.54) is 27.9 Å². The normalized spacial score (nSPS) is 16.1. The molecule has 1 heterocycles. The lowest BCUT2D eigenvalue weighted by Gasteiger charge is -2.10. The van der Waals surface area contributed by atoms with E-state index in [0.29, 0.717) is 9.23 Å². The summed E-state index contributed by atoms with van der Waals surface area (Å²) in [6.45, 7) is 12.4. The summed E-state index contributed by atoms with van der Waals surface area (Å²) < 4.78 is 0.456. The maximum atomic E-state index is 12.9. The van der Waals surface area contributed by atoms with Crippen molar-refractivity contribution < 1.29 is 4.79 Å².